The van der Waals surface area contributed by atoms with E-state index in [0.29, 0.717) is 0 Å². The van der Waals surface area contributed by atoms with Crippen LogP contribution in [-0.4, -0.2) is 11.8 Å². The molecular weight excluding hydrogens is 288 g/mol. The molecule has 120 valence electrons. The molecule has 0 aliphatic heterocycles. The van der Waals surface area contributed by atoms with Crippen LogP contribution in [0.3, 0.4) is 0 Å². The summed E-state index contributed by atoms with van der Waals surface area (Å²) in [5.74, 6) is -1.31. The maximum Gasteiger partial charge on any atom is 0.375 e. The second-order valence-electron chi connectivity index (χ2n) is 6.61. The summed E-state index contributed by atoms with van der Waals surface area (Å²) < 4.78 is 5.05. The summed E-state index contributed by atoms with van der Waals surface area (Å²) >= 11 is 0. The fourth-order valence-corrected chi connectivity index (χ4v) is 2.18. The van der Waals surface area contributed by atoms with Gasteiger partial charge in [-0.2, -0.15) is 0 Å². The van der Waals surface area contributed by atoms with Gasteiger partial charge < -0.3 is 4.74 Å². The summed E-state index contributed by atoms with van der Waals surface area (Å²) in [6, 6.07) is 17.1. The quantitative estimate of drug-likeness (QED) is 0.622. The van der Waals surface area contributed by atoms with Crippen molar-refractivity contribution in [3.63, 3.8) is 0 Å². The molecule has 0 saturated carbocycles. The lowest BCUT2D eigenvalue weighted by Gasteiger charge is -2.19. The smallest absolute Gasteiger partial charge is 0.375 e. The highest BCUT2D eigenvalue weighted by atomic mass is 16.5. The van der Waals surface area contributed by atoms with Gasteiger partial charge in [0.25, 0.3) is 0 Å². The second kappa shape index (κ2) is 7.23. The molecule has 0 N–H and O–H groups in total. The minimum atomic E-state index is -0.784. The number of Topliss-reactive ketones (excluding diaryl/α,β-unsaturated/α-hetero) is 1. The van der Waals surface area contributed by atoms with Crippen molar-refractivity contribution in [1.82, 2.24) is 0 Å². The van der Waals surface area contributed by atoms with Crippen LogP contribution in [0.4, 0.5) is 0 Å². The van der Waals surface area contributed by atoms with Crippen molar-refractivity contribution in [1.29, 1.82) is 0 Å². The lowest BCUT2D eigenvalue weighted by Crippen LogP contribution is -2.19. The maximum absolute atomic E-state index is 11.9. The minimum Gasteiger partial charge on any atom is -0.455 e. The highest BCUT2D eigenvalue weighted by Crippen LogP contribution is 2.22. The summed E-state index contributed by atoms with van der Waals surface area (Å²) in [4.78, 5) is 23.7. The number of hydrogen-bond donors (Lipinski definition) is 0. The Balaban J connectivity index is 1.89. The Morgan fingerprint density at radius 3 is 2.04 bits per heavy atom. The normalized spacial score (nSPS) is 11.1. The number of benzene rings is 2. The SMILES string of the molecule is CC(C)(C)c1ccc(CC(=O)C(=O)OCc2ccccc2)cc1. The summed E-state index contributed by atoms with van der Waals surface area (Å²) in [7, 11) is 0. The van der Waals surface area contributed by atoms with Gasteiger partial charge in [0, 0.05) is 6.42 Å². The molecule has 0 saturated heterocycles. The van der Waals surface area contributed by atoms with Crippen molar-refractivity contribution in [3.05, 3.63) is 71.3 Å². The van der Waals surface area contributed by atoms with Gasteiger partial charge >= 0.3 is 5.97 Å². The van der Waals surface area contributed by atoms with Gasteiger partial charge in [0.05, 0.1) is 0 Å². The molecule has 0 heterocycles. The zero-order valence-electron chi connectivity index (χ0n) is 13.8. The number of ketones is 1. The maximum atomic E-state index is 11.9. The molecule has 0 unspecified atom stereocenters. The number of hydrogen-bond acceptors (Lipinski definition) is 3. The summed E-state index contributed by atoms with van der Waals surface area (Å²) in [6.07, 6.45) is 0.0675. The van der Waals surface area contributed by atoms with Crippen LogP contribution in [0.1, 0.15) is 37.5 Å². The van der Waals surface area contributed by atoms with Gasteiger partial charge in [-0.3, -0.25) is 4.79 Å². The first-order valence-electron chi connectivity index (χ1n) is 7.69. The average Bonchev–Trinajstić information content (AvgIpc) is 2.53. The van der Waals surface area contributed by atoms with Crippen LogP contribution in [0.15, 0.2) is 54.6 Å². The highest BCUT2D eigenvalue weighted by Gasteiger charge is 2.17. The topological polar surface area (TPSA) is 43.4 Å². The van der Waals surface area contributed by atoms with Crippen molar-refractivity contribution in [3.8, 4) is 0 Å². The van der Waals surface area contributed by atoms with Gasteiger partial charge in [0.2, 0.25) is 5.78 Å². The van der Waals surface area contributed by atoms with E-state index in [9.17, 15) is 9.59 Å². The molecule has 0 aromatic heterocycles. The number of carbonyl (C=O) groups excluding carboxylic acids is 2. The molecule has 0 amide bonds. The first kappa shape index (κ1) is 16.9. The zero-order valence-corrected chi connectivity index (χ0v) is 13.8. The van der Waals surface area contributed by atoms with Gasteiger partial charge in [0.15, 0.2) is 0 Å². The molecule has 0 spiro atoms. The van der Waals surface area contributed by atoms with E-state index in [1.807, 2.05) is 54.6 Å². The van der Waals surface area contributed by atoms with E-state index in [0.717, 1.165) is 11.1 Å². The third-order valence-corrected chi connectivity index (χ3v) is 3.63. The minimum absolute atomic E-state index is 0.0666. The largest absolute Gasteiger partial charge is 0.455 e. The molecule has 0 bridgehead atoms. The van der Waals surface area contributed by atoms with Crippen LogP contribution in [0.25, 0.3) is 0 Å². The predicted molar refractivity (Wildman–Crippen MR) is 90.1 cm³/mol. The van der Waals surface area contributed by atoms with Crippen LogP contribution in [-0.2, 0) is 32.8 Å². The molecule has 23 heavy (non-hydrogen) atoms. The zero-order chi connectivity index (χ0) is 16.9. The van der Waals surface area contributed by atoms with Crippen LogP contribution in [0.2, 0.25) is 0 Å². The number of ether oxygens (including phenoxy) is 1. The molecule has 2 aromatic rings. The molecule has 0 aliphatic rings. The Hall–Kier alpha value is -2.42. The lowest BCUT2D eigenvalue weighted by molar-refractivity contribution is -0.154. The van der Waals surface area contributed by atoms with E-state index in [2.05, 4.69) is 20.8 Å². The highest BCUT2D eigenvalue weighted by molar-refractivity contribution is 6.34. The van der Waals surface area contributed by atoms with E-state index in [1.165, 1.54) is 5.56 Å². The third kappa shape index (κ3) is 5.06. The van der Waals surface area contributed by atoms with Crippen molar-refractivity contribution >= 4 is 11.8 Å². The van der Waals surface area contributed by atoms with E-state index in [1.54, 1.807) is 0 Å². The summed E-state index contributed by atoms with van der Waals surface area (Å²) in [5.41, 5.74) is 2.94. The predicted octanol–water partition coefficient (Wildman–Crippen LogP) is 3.84. The van der Waals surface area contributed by atoms with Crippen LogP contribution >= 0.6 is 0 Å². The standard InChI is InChI=1S/C20H22O3/c1-20(2,3)17-11-9-15(10-12-17)13-18(21)19(22)23-14-16-7-5-4-6-8-16/h4-12H,13-14H2,1-3H3. The molecule has 0 atom stereocenters. The van der Waals surface area contributed by atoms with Crippen LogP contribution < -0.4 is 0 Å². The van der Waals surface area contributed by atoms with Crippen molar-refractivity contribution in [2.75, 3.05) is 0 Å². The first-order chi connectivity index (χ1) is 10.9. The molecule has 3 heteroatoms. The molecule has 2 rings (SSSR count). The summed E-state index contributed by atoms with van der Waals surface area (Å²) in [6.45, 7) is 6.52. The van der Waals surface area contributed by atoms with Gasteiger partial charge in [-0.25, -0.2) is 4.79 Å². The number of carbonyl (C=O) groups is 2. The molecule has 0 aliphatic carbocycles. The van der Waals surface area contributed by atoms with Gasteiger partial charge in [-0.05, 0) is 22.1 Å². The van der Waals surface area contributed by atoms with Crippen molar-refractivity contribution < 1.29 is 14.3 Å². The van der Waals surface area contributed by atoms with Gasteiger partial charge in [-0.15, -0.1) is 0 Å². The van der Waals surface area contributed by atoms with Gasteiger partial charge in [0.1, 0.15) is 6.61 Å². The van der Waals surface area contributed by atoms with Crippen LogP contribution in [0, 0.1) is 0 Å². The van der Waals surface area contributed by atoms with E-state index in [4.69, 9.17) is 4.74 Å². The first-order valence-corrected chi connectivity index (χ1v) is 7.69. The Morgan fingerprint density at radius 2 is 1.48 bits per heavy atom. The third-order valence-electron chi connectivity index (χ3n) is 3.63. The van der Waals surface area contributed by atoms with Crippen LogP contribution in [0.5, 0.6) is 0 Å². The molecule has 2 aromatic carbocycles. The Kier molecular flexibility index (Phi) is 5.32. The number of rotatable bonds is 5. The molecule has 3 nitrogen and oxygen atoms in total. The molecular formula is C20H22O3. The summed E-state index contributed by atoms with van der Waals surface area (Å²) in [5, 5.41) is 0. The van der Waals surface area contributed by atoms with E-state index < -0.39 is 11.8 Å². The Labute approximate surface area is 137 Å². The van der Waals surface area contributed by atoms with Crippen molar-refractivity contribution in [2.45, 2.75) is 39.2 Å². The monoisotopic (exact) mass is 310 g/mol. The number of esters is 1. The molecule has 0 radical (unpaired) electrons. The van der Waals surface area contributed by atoms with E-state index >= 15 is 0 Å². The fourth-order valence-electron chi connectivity index (χ4n) is 2.18. The average molecular weight is 310 g/mol. The Morgan fingerprint density at radius 1 is 0.870 bits per heavy atom. The fraction of sp³-hybridized carbons (Fsp3) is 0.300. The van der Waals surface area contributed by atoms with E-state index in [-0.39, 0.29) is 18.4 Å². The molecule has 0 fully saturated rings. The lowest BCUT2D eigenvalue weighted by atomic mass is 9.86. The van der Waals surface area contributed by atoms with Crippen molar-refractivity contribution in [2.24, 2.45) is 0 Å². The van der Waals surface area contributed by atoms with Gasteiger partial charge in [-0.1, -0.05) is 75.4 Å². The second-order valence-corrected chi connectivity index (χ2v) is 6.61. The Bertz CT molecular complexity index is 664.